The lowest BCUT2D eigenvalue weighted by Gasteiger charge is -2.46. The molecule has 0 aromatic carbocycles. The summed E-state index contributed by atoms with van der Waals surface area (Å²) in [6.45, 7) is 7.62. The van der Waals surface area contributed by atoms with Crippen molar-refractivity contribution in [1.29, 1.82) is 0 Å². The van der Waals surface area contributed by atoms with Crippen molar-refractivity contribution in [2.75, 3.05) is 0 Å². The predicted octanol–water partition coefficient (Wildman–Crippen LogP) is 1.37. The summed E-state index contributed by atoms with van der Waals surface area (Å²) in [5, 5.41) is 18.7. The molecular weight excluding hydrogens is 272 g/mol. The van der Waals surface area contributed by atoms with Crippen LogP contribution in [0.1, 0.15) is 50.1 Å². The maximum Gasteiger partial charge on any atom is 0.307 e. The Morgan fingerprint density at radius 1 is 1.38 bits per heavy atom. The summed E-state index contributed by atoms with van der Waals surface area (Å²) >= 11 is 0. The molecule has 1 saturated carbocycles. The Kier molecular flexibility index (Phi) is 4.02. The normalized spacial score (nSPS) is 28.1. The molecule has 1 aromatic heterocycles. The van der Waals surface area contributed by atoms with Crippen LogP contribution in [-0.4, -0.2) is 38.2 Å². The van der Waals surface area contributed by atoms with Crippen LogP contribution < -0.4 is 5.32 Å². The molecule has 0 aliphatic heterocycles. The fraction of sp³-hybridized carbons (Fsp3) is 0.714. The van der Waals surface area contributed by atoms with E-state index < -0.39 is 5.97 Å². The lowest BCUT2D eigenvalue weighted by molar-refractivity contribution is -0.150. The molecular formula is C14H22N4O3. The van der Waals surface area contributed by atoms with Gasteiger partial charge in [-0.25, -0.2) is 4.98 Å². The Labute approximate surface area is 123 Å². The van der Waals surface area contributed by atoms with E-state index in [9.17, 15) is 14.7 Å². The highest BCUT2D eigenvalue weighted by Gasteiger charge is 2.46. The van der Waals surface area contributed by atoms with Crippen LogP contribution in [0.15, 0.2) is 0 Å². The van der Waals surface area contributed by atoms with Gasteiger partial charge in [-0.3, -0.25) is 14.7 Å². The van der Waals surface area contributed by atoms with E-state index in [4.69, 9.17) is 0 Å². The number of carboxylic acid groups (broad SMARTS) is 1. The maximum atomic E-state index is 12.1. The van der Waals surface area contributed by atoms with E-state index in [2.05, 4.69) is 20.5 Å². The van der Waals surface area contributed by atoms with E-state index in [1.165, 1.54) is 0 Å². The van der Waals surface area contributed by atoms with Gasteiger partial charge in [0.05, 0.1) is 5.92 Å². The van der Waals surface area contributed by atoms with Crippen LogP contribution >= 0.6 is 0 Å². The van der Waals surface area contributed by atoms with Gasteiger partial charge in [0.25, 0.3) is 5.91 Å². The number of aromatic amines is 1. The van der Waals surface area contributed by atoms with Crippen molar-refractivity contribution >= 4 is 11.9 Å². The zero-order valence-electron chi connectivity index (χ0n) is 12.8. The fourth-order valence-electron chi connectivity index (χ4n) is 3.12. The lowest BCUT2D eigenvalue weighted by atomic mass is 9.61. The maximum absolute atomic E-state index is 12.1. The van der Waals surface area contributed by atoms with E-state index >= 15 is 0 Å². The minimum atomic E-state index is -0.763. The smallest absolute Gasteiger partial charge is 0.307 e. The highest BCUT2D eigenvalue weighted by molar-refractivity contribution is 5.90. The topological polar surface area (TPSA) is 108 Å². The number of hydrogen-bond acceptors (Lipinski definition) is 4. The number of aliphatic carboxylic acids is 1. The minimum Gasteiger partial charge on any atom is -0.481 e. The van der Waals surface area contributed by atoms with Gasteiger partial charge in [0.2, 0.25) is 5.82 Å². The summed E-state index contributed by atoms with van der Waals surface area (Å²) in [6.07, 6.45) is 1.21. The van der Waals surface area contributed by atoms with Gasteiger partial charge in [-0.1, -0.05) is 20.8 Å². The lowest BCUT2D eigenvalue weighted by Crippen LogP contribution is -2.52. The Hall–Kier alpha value is -1.92. The molecule has 1 aromatic rings. The van der Waals surface area contributed by atoms with E-state index in [0.717, 1.165) is 0 Å². The monoisotopic (exact) mass is 294 g/mol. The van der Waals surface area contributed by atoms with Gasteiger partial charge in [-0.15, -0.1) is 5.10 Å². The average Bonchev–Trinajstić information content (AvgIpc) is 2.81. The summed E-state index contributed by atoms with van der Waals surface area (Å²) < 4.78 is 0. The highest BCUT2D eigenvalue weighted by atomic mass is 16.4. The second kappa shape index (κ2) is 5.46. The van der Waals surface area contributed by atoms with Gasteiger partial charge < -0.3 is 10.4 Å². The molecule has 1 aliphatic rings. The zero-order chi connectivity index (χ0) is 15.8. The molecule has 1 fully saturated rings. The standard InChI is InChI=1S/C14H22N4O3/c1-7-10(6-5-9(13(20)21)14(7,3)4)16-12(19)11-15-8(2)17-18-11/h7,9-10H,5-6H2,1-4H3,(H,16,19)(H,20,21)(H,15,17,18). The number of H-pyrrole nitrogens is 1. The van der Waals surface area contributed by atoms with Gasteiger partial charge in [-0.05, 0) is 31.1 Å². The number of carbonyl (C=O) groups excluding carboxylic acids is 1. The Balaban J connectivity index is 2.09. The van der Waals surface area contributed by atoms with E-state index in [1.54, 1.807) is 6.92 Å². The van der Waals surface area contributed by atoms with Crippen LogP contribution in [-0.2, 0) is 4.79 Å². The molecule has 0 spiro atoms. The first-order valence-corrected chi connectivity index (χ1v) is 7.16. The van der Waals surface area contributed by atoms with Gasteiger partial charge >= 0.3 is 5.97 Å². The minimum absolute atomic E-state index is 0.0522. The molecule has 0 saturated heterocycles. The number of carbonyl (C=O) groups is 2. The SMILES string of the molecule is Cc1nc(C(=O)NC2CCC(C(=O)O)C(C)(C)C2C)n[nH]1. The van der Waals surface area contributed by atoms with Crippen molar-refractivity contribution in [2.24, 2.45) is 17.3 Å². The summed E-state index contributed by atoms with van der Waals surface area (Å²) in [4.78, 5) is 27.5. The number of aromatic nitrogens is 3. The number of nitrogens with one attached hydrogen (secondary N) is 2. The number of nitrogens with zero attached hydrogens (tertiary/aromatic N) is 2. The number of amides is 1. The van der Waals surface area contributed by atoms with Crippen molar-refractivity contribution in [1.82, 2.24) is 20.5 Å². The molecule has 3 atom stereocenters. The molecule has 116 valence electrons. The van der Waals surface area contributed by atoms with Crippen LogP contribution in [0.5, 0.6) is 0 Å². The largest absolute Gasteiger partial charge is 0.481 e. The van der Waals surface area contributed by atoms with Gasteiger partial charge in [0.15, 0.2) is 0 Å². The first-order valence-electron chi connectivity index (χ1n) is 7.16. The van der Waals surface area contributed by atoms with Crippen molar-refractivity contribution in [3.05, 3.63) is 11.6 Å². The summed E-state index contributed by atoms with van der Waals surface area (Å²) in [7, 11) is 0. The van der Waals surface area contributed by atoms with Crippen molar-refractivity contribution in [3.63, 3.8) is 0 Å². The predicted molar refractivity (Wildman–Crippen MR) is 75.7 cm³/mol. The van der Waals surface area contributed by atoms with Crippen molar-refractivity contribution in [3.8, 4) is 0 Å². The number of rotatable bonds is 3. The van der Waals surface area contributed by atoms with Crippen LogP contribution in [0, 0.1) is 24.2 Å². The summed E-state index contributed by atoms with van der Waals surface area (Å²) in [5.41, 5.74) is -0.378. The second-order valence-corrected chi connectivity index (χ2v) is 6.40. The zero-order valence-corrected chi connectivity index (χ0v) is 12.8. The van der Waals surface area contributed by atoms with E-state index in [1.807, 2.05) is 20.8 Å². The second-order valence-electron chi connectivity index (χ2n) is 6.40. The van der Waals surface area contributed by atoms with Gasteiger partial charge in [0, 0.05) is 6.04 Å². The van der Waals surface area contributed by atoms with Crippen LogP contribution in [0.2, 0.25) is 0 Å². The summed E-state index contributed by atoms with van der Waals surface area (Å²) in [5.74, 6) is -0.703. The Morgan fingerprint density at radius 3 is 2.57 bits per heavy atom. The first kappa shape index (κ1) is 15.5. The Morgan fingerprint density at radius 2 is 2.05 bits per heavy atom. The average molecular weight is 294 g/mol. The highest BCUT2D eigenvalue weighted by Crippen LogP contribution is 2.45. The van der Waals surface area contributed by atoms with Crippen molar-refractivity contribution in [2.45, 2.75) is 46.6 Å². The molecule has 3 unspecified atom stereocenters. The first-order chi connectivity index (χ1) is 9.73. The summed E-state index contributed by atoms with van der Waals surface area (Å²) in [6, 6.07) is -0.0677. The molecule has 1 heterocycles. The molecule has 2 rings (SSSR count). The van der Waals surface area contributed by atoms with E-state index in [0.29, 0.717) is 18.7 Å². The van der Waals surface area contributed by atoms with Crippen LogP contribution in [0.4, 0.5) is 0 Å². The van der Waals surface area contributed by atoms with E-state index in [-0.39, 0.29) is 35.0 Å². The Bertz CT molecular complexity index is 552. The van der Waals surface area contributed by atoms with Gasteiger partial charge in [-0.2, -0.15) is 0 Å². The molecule has 0 radical (unpaired) electrons. The molecule has 3 N–H and O–H groups in total. The van der Waals surface area contributed by atoms with Crippen LogP contribution in [0.3, 0.4) is 0 Å². The molecule has 1 aliphatic carbocycles. The quantitative estimate of drug-likeness (QED) is 0.780. The molecule has 21 heavy (non-hydrogen) atoms. The third-order valence-corrected chi connectivity index (χ3v) is 4.86. The number of hydrogen-bond donors (Lipinski definition) is 3. The molecule has 0 bridgehead atoms. The molecule has 7 nitrogen and oxygen atoms in total. The number of carboxylic acids is 1. The molecule has 7 heteroatoms. The fourth-order valence-corrected chi connectivity index (χ4v) is 3.12. The third kappa shape index (κ3) is 2.91. The number of aryl methyl sites for hydroxylation is 1. The van der Waals surface area contributed by atoms with Crippen molar-refractivity contribution < 1.29 is 14.7 Å². The third-order valence-electron chi connectivity index (χ3n) is 4.86. The van der Waals surface area contributed by atoms with Gasteiger partial charge in [0.1, 0.15) is 5.82 Å². The molecule has 1 amide bonds. The van der Waals surface area contributed by atoms with Crippen LogP contribution in [0.25, 0.3) is 0 Å².